The fourth-order valence-corrected chi connectivity index (χ4v) is 0.897. The molecule has 0 nitrogen and oxygen atoms in total. The summed E-state index contributed by atoms with van der Waals surface area (Å²) < 4.78 is 0. The van der Waals surface area contributed by atoms with Crippen LogP contribution in [0.25, 0.3) is 0 Å². The van der Waals surface area contributed by atoms with Gasteiger partial charge in [0.25, 0.3) is 0 Å². The molecule has 1 rings (SSSR count). The average Bonchev–Trinajstić information content (AvgIpc) is 1.55. The molecule has 0 heterocycles. The van der Waals surface area contributed by atoms with Crippen molar-refractivity contribution < 1.29 is 0 Å². The van der Waals surface area contributed by atoms with Crippen molar-refractivity contribution in [3.05, 3.63) is 23.8 Å². The number of hydrogen-bond acceptors (Lipinski definition) is 0. The van der Waals surface area contributed by atoms with E-state index in [0.29, 0.717) is 0 Å². The van der Waals surface area contributed by atoms with Crippen LogP contribution in [0.2, 0.25) is 0 Å². The molecular formula is C8H12. The van der Waals surface area contributed by atoms with Crippen molar-refractivity contribution in [2.24, 2.45) is 0 Å². The first-order chi connectivity index (χ1) is 3.79. The molecule has 0 heteroatoms. The maximum absolute atomic E-state index is 3.84. The Bertz CT molecular complexity index is 129. The fourth-order valence-electron chi connectivity index (χ4n) is 0.897. The van der Waals surface area contributed by atoms with Crippen LogP contribution in [-0.2, 0) is 0 Å². The maximum Gasteiger partial charge on any atom is -0.0114 e. The topological polar surface area (TPSA) is 0 Å². The van der Waals surface area contributed by atoms with Crippen molar-refractivity contribution in [2.75, 3.05) is 0 Å². The second-order valence-corrected chi connectivity index (χ2v) is 2.53. The zero-order valence-electron chi connectivity index (χ0n) is 5.41. The third kappa shape index (κ3) is 1.22. The molecule has 0 saturated heterocycles. The lowest BCUT2D eigenvalue weighted by molar-refractivity contribution is 0.826. The van der Waals surface area contributed by atoms with Gasteiger partial charge in [-0.1, -0.05) is 23.8 Å². The Hall–Kier alpha value is -0.520. The second kappa shape index (κ2) is 2.17. The van der Waals surface area contributed by atoms with Gasteiger partial charge in [-0.15, -0.1) is 0 Å². The van der Waals surface area contributed by atoms with E-state index in [4.69, 9.17) is 0 Å². The van der Waals surface area contributed by atoms with Gasteiger partial charge in [0.1, 0.15) is 0 Å². The van der Waals surface area contributed by atoms with Crippen molar-refractivity contribution >= 4 is 0 Å². The molecule has 0 saturated carbocycles. The van der Waals surface area contributed by atoms with Crippen LogP contribution < -0.4 is 0 Å². The predicted molar refractivity (Wildman–Crippen MR) is 36.7 cm³/mol. The van der Waals surface area contributed by atoms with Gasteiger partial charge in [-0.3, -0.25) is 0 Å². The largest absolute Gasteiger partial charge is 0.0998 e. The first-order valence-electron chi connectivity index (χ1n) is 3.11. The maximum atomic E-state index is 3.84. The van der Waals surface area contributed by atoms with Gasteiger partial charge in [0, 0.05) is 0 Å². The average molecular weight is 108 g/mol. The van der Waals surface area contributed by atoms with Gasteiger partial charge in [-0.2, -0.15) is 0 Å². The van der Waals surface area contributed by atoms with Crippen molar-refractivity contribution in [3.8, 4) is 0 Å². The Kier molecular flexibility index (Phi) is 1.52. The highest BCUT2D eigenvalue weighted by atomic mass is 14.1. The summed E-state index contributed by atoms with van der Waals surface area (Å²) in [6.07, 6.45) is 6.05. The first-order valence-corrected chi connectivity index (χ1v) is 3.11. The molecule has 0 bridgehead atoms. The van der Waals surface area contributed by atoms with Gasteiger partial charge >= 0.3 is 0 Å². The van der Waals surface area contributed by atoms with E-state index in [9.17, 15) is 0 Å². The Morgan fingerprint density at radius 1 is 1.88 bits per heavy atom. The van der Waals surface area contributed by atoms with Crippen LogP contribution in [0.5, 0.6) is 0 Å². The van der Waals surface area contributed by atoms with Gasteiger partial charge in [0.2, 0.25) is 0 Å². The fraction of sp³-hybridized carbons (Fsp3) is 0.500. The molecule has 0 aromatic carbocycles. The summed E-state index contributed by atoms with van der Waals surface area (Å²) >= 11 is 0. The van der Waals surface area contributed by atoms with Gasteiger partial charge in [-0.05, 0) is 26.2 Å². The number of hydrogen-bond donors (Lipinski definition) is 0. The van der Waals surface area contributed by atoms with E-state index in [0.717, 1.165) is 6.42 Å². The van der Waals surface area contributed by atoms with E-state index in [-0.39, 0.29) is 0 Å². The molecule has 0 fully saturated rings. The molecule has 0 amide bonds. The lowest BCUT2D eigenvalue weighted by Gasteiger charge is -2.13. The summed E-state index contributed by atoms with van der Waals surface area (Å²) in [5, 5.41) is 0. The molecule has 0 radical (unpaired) electrons. The van der Waals surface area contributed by atoms with Crippen molar-refractivity contribution in [3.63, 3.8) is 0 Å². The van der Waals surface area contributed by atoms with Crippen LogP contribution in [0.1, 0.15) is 26.2 Å². The van der Waals surface area contributed by atoms with Crippen LogP contribution in [0.3, 0.4) is 0 Å². The third-order valence-corrected chi connectivity index (χ3v) is 1.43. The summed E-state index contributed by atoms with van der Waals surface area (Å²) in [7, 11) is 0. The minimum absolute atomic E-state index is 1.14. The summed E-state index contributed by atoms with van der Waals surface area (Å²) in [4.78, 5) is 0. The normalized spacial score (nSPS) is 16.9. The standard InChI is InChI=1S/C8H12/c1-7(2)6-8-4-3-5-8/h4H,1,3,5-6H2,2H3. The van der Waals surface area contributed by atoms with E-state index >= 15 is 0 Å². The van der Waals surface area contributed by atoms with Crippen LogP contribution in [-0.4, -0.2) is 0 Å². The molecule has 0 atom stereocenters. The number of rotatable bonds is 2. The summed E-state index contributed by atoms with van der Waals surface area (Å²) in [6, 6.07) is 0. The first kappa shape index (κ1) is 5.61. The molecular weight excluding hydrogens is 96.1 g/mol. The molecule has 1 aliphatic carbocycles. The van der Waals surface area contributed by atoms with Crippen LogP contribution in [0.4, 0.5) is 0 Å². The molecule has 44 valence electrons. The molecule has 0 spiro atoms. The van der Waals surface area contributed by atoms with Crippen molar-refractivity contribution in [1.82, 2.24) is 0 Å². The Morgan fingerprint density at radius 3 is 2.62 bits per heavy atom. The van der Waals surface area contributed by atoms with E-state index in [1.807, 2.05) is 0 Å². The highest BCUT2D eigenvalue weighted by molar-refractivity contribution is 5.18. The Labute approximate surface area is 50.9 Å². The van der Waals surface area contributed by atoms with E-state index in [1.54, 1.807) is 5.57 Å². The zero-order chi connectivity index (χ0) is 5.98. The molecule has 0 N–H and O–H groups in total. The van der Waals surface area contributed by atoms with Gasteiger partial charge in [-0.25, -0.2) is 0 Å². The van der Waals surface area contributed by atoms with Gasteiger partial charge in [0.05, 0.1) is 0 Å². The molecule has 0 aromatic heterocycles. The predicted octanol–water partition coefficient (Wildman–Crippen LogP) is 2.67. The molecule has 0 unspecified atom stereocenters. The van der Waals surface area contributed by atoms with Gasteiger partial charge in [0.15, 0.2) is 0 Å². The quantitative estimate of drug-likeness (QED) is 0.477. The van der Waals surface area contributed by atoms with Gasteiger partial charge < -0.3 is 0 Å². The van der Waals surface area contributed by atoms with Crippen LogP contribution >= 0.6 is 0 Å². The van der Waals surface area contributed by atoms with Crippen molar-refractivity contribution in [1.29, 1.82) is 0 Å². The summed E-state index contributed by atoms with van der Waals surface area (Å²) in [5.41, 5.74) is 2.87. The second-order valence-electron chi connectivity index (χ2n) is 2.53. The smallest absolute Gasteiger partial charge is 0.0114 e. The minimum atomic E-state index is 1.14. The molecule has 0 aliphatic heterocycles. The van der Waals surface area contributed by atoms with E-state index < -0.39 is 0 Å². The lowest BCUT2D eigenvalue weighted by atomic mass is 9.94. The number of allylic oxidation sites excluding steroid dienone is 3. The highest BCUT2D eigenvalue weighted by Crippen LogP contribution is 2.23. The summed E-state index contributed by atoms with van der Waals surface area (Å²) in [5.74, 6) is 0. The summed E-state index contributed by atoms with van der Waals surface area (Å²) in [6.45, 7) is 5.92. The Morgan fingerprint density at radius 2 is 2.50 bits per heavy atom. The van der Waals surface area contributed by atoms with E-state index in [1.165, 1.54) is 18.4 Å². The van der Waals surface area contributed by atoms with E-state index in [2.05, 4.69) is 19.6 Å². The monoisotopic (exact) mass is 108 g/mol. The molecule has 1 aliphatic rings. The highest BCUT2D eigenvalue weighted by Gasteiger charge is 2.03. The lowest BCUT2D eigenvalue weighted by Crippen LogP contribution is -1.93. The zero-order valence-corrected chi connectivity index (χ0v) is 5.41. The van der Waals surface area contributed by atoms with Crippen LogP contribution in [0, 0.1) is 0 Å². The minimum Gasteiger partial charge on any atom is -0.0998 e. The molecule has 0 aromatic rings. The molecule has 8 heavy (non-hydrogen) atoms. The third-order valence-electron chi connectivity index (χ3n) is 1.43. The van der Waals surface area contributed by atoms with Crippen molar-refractivity contribution in [2.45, 2.75) is 26.2 Å². The Balaban J connectivity index is 2.29. The van der Waals surface area contributed by atoms with Crippen LogP contribution in [0.15, 0.2) is 23.8 Å². The SMILES string of the molecule is C=C(C)CC1=CCC1.